The number of aromatic nitrogens is 1. The molecule has 156 valence electrons. The van der Waals surface area contributed by atoms with Crippen molar-refractivity contribution in [2.75, 3.05) is 27.9 Å². The Kier molecular flexibility index (Phi) is 7.14. The maximum absolute atomic E-state index is 12.6. The molecule has 6 nitrogen and oxygen atoms in total. The van der Waals surface area contributed by atoms with Gasteiger partial charge < -0.3 is 19.5 Å². The van der Waals surface area contributed by atoms with Crippen LogP contribution in [0.15, 0.2) is 54.9 Å². The summed E-state index contributed by atoms with van der Waals surface area (Å²) in [4.78, 5) is 16.8. The van der Waals surface area contributed by atoms with Gasteiger partial charge in [0, 0.05) is 30.1 Å². The van der Waals surface area contributed by atoms with Crippen molar-refractivity contribution in [2.45, 2.75) is 6.42 Å². The highest BCUT2D eigenvalue weighted by Gasteiger charge is 2.21. The topological polar surface area (TPSA) is 69.7 Å². The van der Waals surface area contributed by atoms with Gasteiger partial charge in [-0.1, -0.05) is 41.9 Å². The fraction of sp³-hybridized carbons (Fsp3) is 0.217. The highest BCUT2D eigenvalue weighted by molar-refractivity contribution is 6.35. The van der Waals surface area contributed by atoms with E-state index in [1.54, 1.807) is 18.3 Å². The summed E-state index contributed by atoms with van der Waals surface area (Å²) in [5.74, 6) is 1.01. The highest BCUT2D eigenvalue weighted by atomic mass is 35.5. The van der Waals surface area contributed by atoms with Crippen LogP contribution in [0.2, 0.25) is 5.02 Å². The second-order valence-corrected chi connectivity index (χ2v) is 6.84. The number of halogens is 1. The minimum absolute atomic E-state index is 0.205. The molecule has 3 aromatic rings. The number of ether oxygens (including phenoxy) is 3. The Morgan fingerprint density at radius 2 is 1.73 bits per heavy atom. The SMILES string of the molecule is COc1cc(-c2cncc(C(=O)NCCc3ccccc3)c2)c(Cl)c(OC)c1OC. The van der Waals surface area contributed by atoms with Crippen LogP contribution < -0.4 is 19.5 Å². The summed E-state index contributed by atoms with van der Waals surface area (Å²) >= 11 is 6.55. The van der Waals surface area contributed by atoms with Gasteiger partial charge in [-0.3, -0.25) is 9.78 Å². The highest BCUT2D eigenvalue weighted by Crippen LogP contribution is 2.47. The van der Waals surface area contributed by atoms with Crippen LogP contribution in [0.1, 0.15) is 15.9 Å². The molecule has 0 unspecified atom stereocenters. The first-order valence-corrected chi connectivity index (χ1v) is 9.72. The Morgan fingerprint density at radius 1 is 1.00 bits per heavy atom. The number of hydrogen-bond acceptors (Lipinski definition) is 5. The van der Waals surface area contributed by atoms with Gasteiger partial charge >= 0.3 is 0 Å². The zero-order valence-corrected chi connectivity index (χ0v) is 17.8. The molecule has 0 spiro atoms. The van der Waals surface area contributed by atoms with E-state index in [1.807, 2.05) is 30.3 Å². The van der Waals surface area contributed by atoms with Crippen LogP contribution >= 0.6 is 11.6 Å². The van der Waals surface area contributed by atoms with E-state index in [9.17, 15) is 4.79 Å². The van der Waals surface area contributed by atoms with Gasteiger partial charge in [0.1, 0.15) is 0 Å². The number of hydrogen-bond donors (Lipinski definition) is 1. The smallest absolute Gasteiger partial charge is 0.252 e. The fourth-order valence-electron chi connectivity index (χ4n) is 3.11. The van der Waals surface area contributed by atoms with Crippen LogP contribution in [-0.2, 0) is 6.42 Å². The number of methoxy groups -OCH3 is 3. The van der Waals surface area contributed by atoms with Crippen molar-refractivity contribution in [1.29, 1.82) is 0 Å². The third-order valence-corrected chi connectivity index (χ3v) is 5.00. The van der Waals surface area contributed by atoms with Gasteiger partial charge in [-0.05, 0) is 24.1 Å². The van der Waals surface area contributed by atoms with Crippen molar-refractivity contribution < 1.29 is 19.0 Å². The lowest BCUT2D eigenvalue weighted by atomic mass is 10.0. The van der Waals surface area contributed by atoms with E-state index in [4.69, 9.17) is 25.8 Å². The monoisotopic (exact) mass is 426 g/mol. The average molecular weight is 427 g/mol. The molecule has 0 aliphatic heterocycles. The van der Waals surface area contributed by atoms with Gasteiger partial charge in [-0.25, -0.2) is 0 Å². The molecular formula is C23H23ClN2O4. The zero-order chi connectivity index (χ0) is 21.5. The first kappa shape index (κ1) is 21.5. The third kappa shape index (κ3) is 4.66. The molecule has 30 heavy (non-hydrogen) atoms. The molecule has 2 aromatic carbocycles. The molecule has 7 heteroatoms. The number of amides is 1. The number of benzene rings is 2. The van der Waals surface area contributed by atoms with Crippen LogP contribution in [0.3, 0.4) is 0 Å². The van der Waals surface area contributed by atoms with Crippen molar-refractivity contribution in [3.05, 3.63) is 71.0 Å². The van der Waals surface area contributed by atoms with Crippen LogP contribution in [0, 0.1) is 0 Å². The van der Waals surface area contributed by atoms with Crippen molar-refractivity contribution in [2.24, 2.45) is 0 Å². The summed E-state index contributed by atoms with van der Waals surface area (Å²) in [5.41, 5.74) is 2.88. The summed E-state index contributed by atoms with van der Waals surface area (Å²) in [6.45, 7) is 0.526. The van der Waals surface area contributed by atoms with E-state index in [2.05, 4.69) is 10.3 Å². The molecule has 0 saturated heterocycles. The molecule has 1 heterocycles. The molecule has 0 bridgehead atoms. The lowest BCUT2D eigenvalue weighted by Crippen LogP contribution is -2.25. The largest absolute Gasteiger partial charge is 0.493 e. The molecule has 0 saturated carbocycles. The molecule has 0 aliphatic carbocycles. The molecule has 1 aromatic heterocycles. The fourth-order valence-corrected chi connectivity index (χ4v) is 3.44. The summed E-state index contributed by atoms with van der Waals surface area (Å²) in [5, 5.41) is 3.27. The molecule has 0 atom stereocenters. The maximum Gasteiger partial charge on any atom is 0.252 e. The number of carbonyl (C=O) groups excluding carboxylic acids is 1. The molecule has 1 N–H and O–H groups in total. The van der Waals surface area contributed by atoms with Crippen LogP contribution in [0.5, 0.6) is 17.2 Å². The first-order chi connectivity index (χ1) is 14.6. The van der Waals surface area contributed by atoms with Gasteiger partial charge in [-0.15, -0.1) is 0 Å². The Bertz CT molecular complexity index is 1030. The predicted octanol–water partition coefficient (Wildman–Crippen LogP) is 4.40. The quantitative estimate of drug-likeness (QED) is 0.578. The number of nitrogens with zero attached hydrogens (tertiary/aromatic N) is 1. The molecule has 0 aliphatic rings. The van der Waals surface area contributed by atoms with Gasteiger partial charge in [0.2, 0.25) is 5.75 Å². The van der Waals surface area contributed by atoms with Crippen molar-refractivity contribution >= 4 is 17.5 Å². The van der Waals surface area contributed by atoms with Crippen LogP contribution in [0.4, 0.5) is 0 Å². The molecule has 0 radical (unpaired) electrons. The van der Waals surface area contributed by atoms with E-state index in [-0.39, 0.29) is 5.91 Å². The summed E-state index contributed by atoms with van der Waals surface area (Å²) in [6, 6.07) is 13.4. The zero-order valence-electron chi connectivity index (χ0n) is 17.1. The second kappa shape index (κ2) is 9.98. The maximum atomic E-state index is 12.6. The average Bonchev–Trinajstić information content (AvgIpc) is 2.79. The molecule has 1 amide bonds. The number of pyridine rings is 1. The number of nitrogens with one attached hydrogen (secondary N) is 1. The van der Waals surface area contributed by atoms with E-state index >= 15 is 0 Å². The molecule has 3 rings (SSSR count). The first-order valence-electron chi connectivity index (χ1n) is 9.35. The van der Waals surface area contributed by atoms with E-state index in [1.165, 1.54) is 27.5 Å². The standard InChI is InChI=1S/C23H23ClN2O4/c1-28-19-12-18(20(24)22(30-3)21(19)29-2)16-11-17(14-25-13-16)23(27)26-10-9-15-7-5-4-6-8-15/h4-8,11-14H,9-10H2,1-3H3,(H,26,27). The minimum Gasteiger partial charge on any atom is -0.493 e. The van der Waals surface area contributed by atoms with Crippen LogP contribution in [-0.4, -0.2) is 38.8 Å². The second-order valence-electron chi connectivity index (χ2n) is 6.46. The number of rotatable bonds is 8. The van der Waals surface area contributed by atoms with Crippen molar-refractivity contribution in [3.63, 3.8) is 0 Å². The molecular weight excluding hydrogens is 404 g/mol. The molecule has 0 fully saturated rings. The van der Waals surface area contributed by atoms with Gasteiger partial charge in [0.15, 0.2) is 11.5 Å². The Balaban J connectivity index is 1.83. The van der Waals surface area contributed by atoms with E-state index in [0.29, 0.717) is 45.5 Å². The lowest BCUT2D eigenvalue weighted by Gasteiger charge is -2.16. The summed E-state index contributed by atoms with van der Waals surface area (Å²) < 4.78 is 16.2. The Hall–Kier alpha value is -3.25. The lowest BCUT2D eigenvalue weighted by molar-refractivity contribution is 0.0954. The Morgan fingerprint density at radius 3 is 2.40 bits per heavy atom. The minimum atomic E-state index is -0.205. The third-order valence-electron chi connectivity index (χ3n) is 4.62. The Labute approximate surface area is 180 Å². The number of carbonyl (C=O) groups is 1. The van der Waals surface area contributed by atoms with Gasteiger partial charge in [-0.2, -0.15) is 0 Å². The van der Waals surface area contributed by atoms with E-state index < -0.39 is 0 Å². The van der Waals surface area contributed by atoms with Gasteiger partial charge in [0.25, 0.3) is 5.91 Å². The predicted molar refractivity (Wildman–Crippen MR) is 117 cm³/mol. The van der Waals surface area contributed by atoms with Gasteiger partial charge in [0.05, 0.1) is 31.9 Å². The van der Waals surface area contributed by atoms with Crippen LogP contribution in [0.25, 0.3) is 11.1 Å². The van der Waals surface area contributed by atoms with Crippen molar-refractivity contribution in [3.8, 4) is 28.4 Å². The van der Waals surface area contributed by atoms with E-state index in [0.717, 1.165) is 12.0 Å². The normalized spacial score (nSPS) is 10.4. The van der Waals surface area contributed by atoms with Crippen molar-refractivity contribution in [1.82, 2.24) is 10.3 Å². The summed E-state index contributed by atoms with van der Waals surface area (Å²) in [7, 11) is 4.55. The summed E-state index contributed by atoms with van der Waals surface area (Å²) in [6.07, 6.45) is 3.90.